The number of aromatic nitrogens is 1. The highest BCUT2D eigenvalue weighted by Gasteiger charge is 2.38. The van der Waals surface area contributed by atoms with E-state index in [0.29, 0.717) is 12.1 Å². The quantitative estimate of drug-likeness (QED) is 0.830. The molecule has 2 aliphatic rings. The monoisotopic (exact) mass is 259 g/mol. The number of amides is 1. The first-order valence-electron chi connectivity index (χ1n) is 7.17. The summed E-state index contributed by atoms with van der Waals surface area (Å²) in [5.74, 6) is 0.194. The second-order valence-corrected chi connectivity index (χ2v) is 5.71. The van der Waals surface area contributed by atoms with Gasteiger partial charge in [0.25, 0.3) is 5.91 Å². The number of hydrogen-bond acceptors (Lipinski definition) is 3. The minimum absolute atomic E-state index is 0.194. The first-order chi connectivity index (χ1) is 9.25. The van der Waals surface area contributed by atoms with Crippen LogP contribution in [0.25, 0.3) is 0 Å². The summed E-state index contributed by atoms with van der Waals surface area (Å²) in [5, 5.41) is 0. The van der Waals surface area contributed by atoms with Gasteiger partial charge in [-0.3, -0.25) is 9.78 Å². The van der Waals surface area contributed by atoms with Crippen LogP contribution in [0.3, 0.4) is 0 Å². The number of carbonyl (C=O) groups is 1. The molecule has 0 spiro atoms. The van der Waals surface area contributed by atoms with Gasteiger partial charge in [-0.2, -0.15) is 0 Å². The first kappa shape index (κ1) is 12.6. The van der Waals surface area contributed by atoms with Gasteiger partial charge in [-0.1, -0.05) is 0 Å². The summed E-state index contributed by atoms with van der Waals surface area (Å²) in [7, 11) is 2.16. The van der Waals surface area contributed by atoms with Crippen molar-refractivity contribution >= 4 is 5.91 Å². The molecule has 0 unspecified atom stereocenters. The van der Waals surface area contributed by atoms with Crippen molar-refractivity contribution in [2.24, 2.45) is 0 Å². The van der Waals surface area contributed by atoms with Gasteiger partial charge in [0, 0.05) is 30.0 Å². The molecule has 4 nitrogen and oxygen atoms in total. The molecule has 0 bridgehead atoms. The smallest absolute Gasteiger partial charge is 0.254 e. The highest BCUT2D eigenvalue weighted by Crippen LogP contribution is 2.33. The number of carbonyl (C=O) groups excluding carboxylic acids is 1. The standard InChI is InChI=1S/C15H21N3O/c1-17-10-6-14(7-11-17)18(13-2-3-13)15(19)12-4-8-16-9-5-12/h4-5,8-9,13-14H,2-3,6-7,10-11H2,1H3. The number of rotatable bonds is 3. The number of likely N-dealkylation sites (tertiary alicyclic amines) is 1. The topological polar surface area (TPSA) is 36.4 Å². The van der Waals surface area contributed by atoms with E-state index in [1.165, 1.54) is 12.8 Å². The van der Waals surface area contributed by atoms with Crippen molar-refractivity contribution in [3.05, 3.63) is 30.1 Å². The van der Waals surface area contributed by atoms with E-state index in [1.807, 2.05) is 12.1 Å². The van der Waals surface area contributed by atoms with Crippen LogP contribution in [0.4, 0.5) is 0 Å². The molecule has 1 aromatic rings. The summed E-state index contributed by atoms with van der Waals surface area (Å²) in [4.78, 5) is 21.2. The Morgan fingerprint density at radius 3 is 2.32 bits per heavy atom. The second kappa shape index (κ2) is 5.29. The summed E-state index contributed by atoms with van der Waals surface area (Å²) in [6, 6.07) is 4.55. The Bertz CT molecular complexity index is 436. The van der Waals surface area contributed by atoms with Crippen molar-refractivity contribution in [1.82, 2.24) is 14.8 Å². The third-order valence-corrected chi connectivity index (χ3v) is 4.18. The molecule has 0 atom stereocenters. The molecule has 0 N–H and O–H groups in total. The molecule has 2 heterocycles. The van der Waals surface area contributed by atoms with Crippen molar-refractivity contribution in [3.8, 4) is 0 Å². The maximum absolute atomic E-state index is 12.7. The first-order valence-corrected chi connectivity index (χ1v) is 7.17. The van der Waals surface area contributed by atoms with E-state index < -0.39 is 0 Å². The predicted molar refractivity (Wildman–Crippen MR) is 73.9 cm³/mol. The zero-order valence-corrected chi connectivity index (χ0v) is 11.5. The maximum atomic E-state index is 12.7. The van der Waals surface area contributed by atoms with E-state index in [9.17, 15) is 4.79 Å². The van der Waals surface area contributed by atoms with Gasteiger partial charge in [0.15, 0.2) is 0 Å². The number of nitrogens with zero attached hydrogens (tertiary/aromatic N) is 3. The van der Waals surface area contributed by atoms with Gasteiger partial charge in [0.2, 0.25) is 0 Å². The van der Waals surface area contributed by atoms with Gasteiger partial charge >= 0.3 is 0 Å². The van der Waals surface area contributed by atoms with E-state index in [0.717, 1.165) is 31.5 Å². The zero-order chi connectivity index (χ0) is 13.2. The summed E-state index contributed by atoms with van der Waals surface area (Å²) in [5.41, 5.74) is 0.779. The van der Waals surface area contributed by atoms with Gasteiger partial charge in [-0.15, -0.1) is 0 Å². The van der Waals surface area contributed by atoms with Crippen molar-refractivity contribution in [1.29, 1.82) is 0 Å². The lowest BCUT2D eigenvalue weighted by Gasteiger charge is -2.37. The van der Waals surface area contributed by atoms with Crippen LogP contribution in [0.15, 0.2) is 24.5 Å². The largest absolute Gasteiger partial charge is 0.333 e. The highest BCUT2D eigenvalue weighted by atomic mass is 16.2. The Kier molecular flexibility index (Phi) is 3.51. The Hall–Kier alpha value is -1.42. The fourth-order valence-corrected chi connectivity index (χ4v) is 2.90. The molecule has 102 valence electrons. The second-order valence-electron chi connectivity index (χ2n) is 5.71. The minimum atomic E-state index is 0.194. The summed E-state index contributed by atoms with van der Waals surface area (Å²) in [6.07, 6.45) is 7.94. The van der Waals surface area contributed by atoms with Crippen LogP contribution in [-0.4, -0.2) is 52.9 Å². The van der Waals surface area contributed by atoms with Crippen molar-refractivity contribution in [2.75, 3.05) is 20.1 Å². The summed E-state index contributed by atoms with van der Waals surface area (Å²) < 4.78 is 0. The van der Waals surface area contributed by atoms with E-state index in [4.69, 9.17) is 0 Å². The average molecular weight is 259 g/mol. The van der Waals surface area contributed by atoms with E-state index in [-0.39, 0.29) is 5.91 Å². The molecule has 3 rings (SSSR count). The van der Waals surface area contributed by atoms with Crippen molar-refractivity contribution in [2.45, 2.75) is 37.8 Å². The normalized spacial score (nSPS) is 21.3. The van der Waals surface area contributed by atoms with E-state index >= 15 is 0 Å². The molecule has 2 fully saturated rings. The van der Waals surface area contributed by atoms with E-state index in [1.54, 1.807) is 12.4 Å². The molecule has 1 saturated heterocycles. The lowest BCUT2D eigenvalue weighted by molar-refractivity contribution is 0.0569. The number of piperidine rings is 1. The fourth-order valence-electron chi connectivity index (χ4n) is 2.90. The molecule has 1 aromatic heterocycles. The van der Waals surface area contributed by atoms with Crippen molar-refractivity contribution < 1.29 is 4.79 Å². The molecule has 1 amide bonds. The van der Waals surface area contributed by atoms with Crippen molar-refractivity contribution in [3.63, 3.8) is 0 Å². The Morgan fingerprint density at radius 2 is 1.74 bits per heavy atom. The van der Waals surface area contributed by atoms with Gasteiger partial charge in [-0.25, -0.2) is 0 Å². The summed E-state index contributed by atoms with van der Waals surface area (Å²) in [6.45, 7) is 2.19. The van der Waals surface area contributed by atoms with Crippen LogP contribution in [0.2, 0.25) is 0 Å². The maximum Gasteiger partial charge on any atom is 0.254 e. The number of pyridine rings is 1. The lowest BCUT2D eigenvalue weighted by Crippen LogP contribution is -2.47. The third-order valence-electron chi connectivity index (χ3n) is 4.18. The Morgan fingerprint density at radius 1 is 1.16 bits per heavy atom. The van der Waals surface area contributed by atoms with Gasteiger partial charge < -0.3 is 9.80 Å². The van der Waals surface area contributed by atoms with Crippen LogP contribution < -0.4 is 0 Å². The molecule has 1 saturated carbocycles. The van der Waals surface area contributed by atoms with Crippen LogP contribution in [0.5, 0.6) is 0 Å². The number of hydrogen-bond donors (Lipinski definition) is 0. The highest BCUT2D eigenvalue weighted by molar-refractivity contribution is 5.94. The summed E-state index contributed by atoms with van der Waals surface area (Å²) >= 11 is 0. The molecule has 0 radical (unpaired) electrons. The molecule has 0 aromatic carbocycles. The van der Waals surface area contributed by atoms with Crippen LogP contribution in [0.1, 0.15) is 36.0 Å². The lowest BCUT2D eigenvalue weighted by atomic mass is 10.0. The van der Waals surface area contributed by atoms with Crippen LogP contribution in [-0.2, 0) is 0 Å². The zero-order valence-electron chi connectivity index (χ0n) is 11.5. The molecule has 1 aliphatic heterocycles. The van der Waals surface area contributed by atoms with Gasteiger partial charge in [-0.05, 0) is 58.0 Å². The Labute approximate surface area is 114 Å². The molecule has 1 aliphatic carbocycles. The van der Waals surface area contributed by atoms with Crippen LogP contribution in [0, 0.1) is 0 Å². The minimum Gasteiger partial charge on any atom is -0.333 e. The molecule has 4 heteroatoms. The van der Waals surface area contributed by atoms with Gasteiger partial charge in [0.1, 0.15) is 0 Å². The molecular weight excluding hydrogens is 238 g/mol. The van der Waals surface area contributed by atoms with E-state index in [2.05, 4.69) is 21.8 Å². The fraction of sp³-hybridized carbons (Fsp3) is 0.600. The average Bonchev–Trinajstić information content (AvgIpc) is 3.27. The third kappa shape index (κ3) is 2.78. The van der Waals surface area contributed by atoms with Crippen LogP contribution >= 0.6 is 0 Å². The molecule has 19 heavy (non-hydrogen) atoms. The molecular formula is C15H21N3O. The Balaban J connectivity index is 1.76. The predicted octanol–water partition coefficient (Wildman–Crippen LogP) is 1.78. The van der Waals surface area contributed by atoms with Gasteiger partial charge in [0.05, 0.1) is 0 Å². The SMILES string of the molecule is CN1CCC(N(C(=O)c2ccncc2)C2CC2)CC1.